The average Bonchev–Trinajstić information content (AvgIpc) is 2.87. The smallest absolute Gasteiger partial charge is 0.253 e. The number of amidine groups is 1. The van der Waals surface area contributed by atoms with Crippen LogP contribution in [0.2, 0.25) is 0 Å². The van der Waals surface area contributed by atoms with Crippen LogP contribution in [0.15, 0.2) is 29.4 Å². The zero-order chi connectivity index (χ0) is 14.5. The first-order valence-corrected chi connectivity index (χ1v) is 6.58. The molecule has 1 saturated heterocycles. The van der Waals surface area contributed by atoms with Crippen molar-refractivity contribution in [2.45, 2.75) is 25.9 Å². The number of amides is 1. The Morgan fingerprint density at radius 1 is 1.50 bits per heavy atom. The van der Waals surface area contributed by atoms with Crippen molar-refractivity contribution in [3.63, 3.8) is 0 Å². The van der Waals surface area contributed by atoms with Gasteiger partial charge in [0.1, 0.15) is 11.9 Å². The highest BCUT2D eigenvalue weighted by molar-refractivity contribution is 5.94. The Labute approximate surface area is 117 Å². The highest BCUT2D eigenvalue weighted by Gasteiger charge is 2.30. The van der Waals surface area contributed by atoms with E-state index in [2.05, 4.69) is 10.5 Å². The Bertz CT molecular complexity index is 499. The van der Waals surface area contributed by atoms with Gasteiger partial charge < -0.3 is 21.0 Å². The van der Waals surface area contributed by atoms with Crippen molar-refractivity contribution in [2.75, 3.05) is 11.9 Å². The van der Waals surface area contributed by atoms with Gasteiger partial charge in [-0.1, -0.05) is 24.2 Å². The van der Waals surface area contributed by atoms with Crippen molar-refractivity contribution in [3.05, 3.63) is 29.8 Å². The Morgan fingerprint density at radius 3 is 2.75 bits per heavy atom. The summed E-state index contributed by atoms with van der Waals surface area (Å²) in [6.07, 6.45) is 0.913. The number of anilines is 1. The summed E-state index contributed by atoms with van der Waals surface area (Å²) in [6.45, 7) is 2.65. The predicted molar refractivity (Wildman–Crippen MR) is 75.7 cm³/mol. The third-order valence-corrected chi connectivity index (χ3v) is 3.38. The Morgan fingerprint density at radius 2 is 2.20 bits per heavy atom. The van der Waals surface area contributed by atoms with E-state index in [1.807, 2.05) is 19.1 Å². The van der Waals surface area contributed by atoms with Gasteiger partial charge in [0.05, 0.1) is 0 Å². The van der Waals surface area contributed by atoms with Crippen LogP contribution in [0.1, 0.15) is 18.9 Å². The molecule has 6 nitrogen and oxygen atoms in total. The first-order chi connectivity index (χ1) is 9.60. The first-order valence-electron chi connectivity index (χ1n) is 6.58. The summed E-state index contributed by atoms with van der Waals surface area (Å²) in [4.78, 5) is 12.0. The molecule has 2 unspecified atom stereocenters. The predicted octanol–water partition coefficient (Wildman–Crippen LogP) is 1.34. The number of hydrogen-bond donors (Lipinski definition) is 3. The maximum absolute atomic E-state index is 12.0. The summed E-state index contributed by atoms with van der Waals surface area (Å²) in [6, 6.07) is 7.23. The number of rotatable bonds is 4. The molecule has 6 heteroatoms. The van der Waals surface area contributed by atoms with Crippen molar-refractivity contribution in [1.82, 2.24) is 0 Å². The maximum atomic E-state index is 12.0. The van der Waals surface area contributed by atoms with Crippen molar-refractivity contribution in [1.29, 1.82) is 0 Å². The van der Waals surface area contributed by atoms with Crippen LogP contribution in [0, 0.1) is 5.92 Å². The molecule has 1 heterocycles. The van der Waals surface area contributed by atoms with Crippen molar-refractivity contribution < 1.29 is 14.7 Å². The Kier molecular flexibility index (Phi) is 4.57. The largest absolute Gasteiger partial charge is 0.409 e. The zero-order valence-electron chi connectivity index (χ0n) is 11.4. The molecule has 1 amide bonds. The summed E-state index contributed by atoms with van der Waals surface area (Å²) in [5, 5.41) is 14.3. The van der Waals surface area contributed by atoms with Crippen LogP contribution in [0.3, 0.4) is 0 Å². The molecular weight excluding hydrogens is 258 g/mol. The molecule has 4 N–H and O–H groups in total. The summed E-state index contributed by atoms with van der Waals surface area (Å²) in [7, 11) is 0. The van der Waals surface area contributed by atoms with E-state index in [4.69, 9.17) is 15.7 Å². The van der Waals surface area contributed by atoms with Crippen LogP contribution in [-0.4, -0.2) is 29.7 Å². The molecule has 0 aromatic heterocycles. The van der Waals surface area contributed by atoms with Gasteiger partial charge in [0.2, 0.25) is 0 Å². The number of nitrogens with two attached hydrogens (primary N) is 1. The standard InChI is InChI=1S/C14H19N3O3/c1-9-6-7-20-13(9)14(18)16-11-4-2-10(3-5-11)8-12(15)17-19/h2-5,9,13,19H,6-8H2,1H3,(H2,15,17)(H,16,18). The monoisotopic (exact) mass is 277 g/mol. The van der Waals surface area contributed by atoms with Crippen LogP contribution in [-0.2, 0) is 16.0 Å². The Balaban J connectivity index is 1.95. The molecule has 1 fully saturated rings. The summed E-state index contributed by atoms with van der Waals surface area (Å²) in [5.41, 5.74) is 7.05. The zero-order valence-corrected chi connectivity index (χ0v) is 11.4. The topological polar surface area (TPSA) is 96.9 Å². The van der Waals surface area contributed by atoms with Crippen LogP contribution in [0.5, 0.6) is 0 Å². The minimum absolute atomic E-state index is 0.112. The molecule has 1 aromatic carbocycles. The van der Waals surface area contributed by atoms with Gasteiger partial charge in [-0.25, -0.2) is 0 Å². The van der Waals surface area contributed by atoms with Crippen LogP contribution in [0.25, 0.3) is 0 Å². The molecule has 20 heavy (non-hydrogen) atoms. The lowest BCUT2D eigenvalue weighted by atomic mass is 10.0. The van der Waals surface area contributed by atoms with E-state index in [1.54, 1.807) is 12.1 Å². The molecule has 108 valence electrons. The SMILES string of the molecule is CC1CCOC1C(=O)Nc1ccc(C/C(N)=N/O)cc1. The van der Waals surface area contributed by atoms with Gasteiger partial charge in [-0.05, 0) is 30.0 Å². The number of benzene rings is 1. The second kappa shape index (κ2) is 6.38. The molecule has 0 saturated carbocycles. The minimum atomic E-state index is -0.369. The maximum Gasteiger partial charge on any atom is 0.253 e. The van der Waals surface area contributed by atoms with E-state index in [-0.39, 0.29) is 23.8 Å². The third kappa shape index (κ3) is 3.48. The molecule has 0 aliphatic carbocycles. The fourth-order valence-corrected chi connectivity index (χ4v) is 2.19. The molecule has 0 spiro atoms. The van der Waals surface area contributed by atoms with Gasteiger partial charge >= 0.3 is 0 Å². The van der Waals surface area contributed by atoms with Crippen LogP contribution >= 0.6 is 0 Å². The Hall–Kier alpha value is -2.08. The van der Waals surface area contributed by atoms with E-state index in [0.29, 0.717) is 18.7 Å². The highest BCUT2D eigenvalue weighted by atomic mass is 16.5. The molecule has 1 aromatic rings. The normalized spacial score (nSPS) is 22.8. The number of carbonyl (C=O) groups excluding carboxylic acids is 1. The summed E-state index contributed by atoms with van der Waals surface area (Å²) in [5.74, 6) is 0.281. The summed E-state index contributed by atoms with van der Waals surface area (Å²) >= 11 is 0. The number of hydrogen-bond acceptors (Lipinski definition) is 4. The quantitative estimate of drug-likeness (QED) is 0.335. The van der Waals surface area contributed by atoms with Crippen molar-refractivity contribution in [2.24, 2.45) is 16.8 Å². The minimum Gasteiger partial charge on any atom is -0.409 e. The number of oxime groups is 1. The molecule has 2 atom stereocenters. The van der Waals surface area contributed by atoms with Gasteiger partial charge in [0.25, 0.3) is 5.91 Å². The number of carbonyl (C=O) groups is 1. The van der Waals surface area contributed by atoms with Crippen molar-refractivity contribution >= 4 is 17.4 Å². The van der Waals surface area contributed by atoms with E-state index in [0.717, 1.165) is 12.0 Å². The van der Waals surface area contributed by atoms with Gasteiger partial charge in [-0.2, -0.15) is 0 Å². The fraction of sp³-hybridized carbons (Fsp3) is 0.429. The first kappa shape index (κ1) is 14.3. The van der Waals surface area contributed by atoms with Gasteiger partial charge in [0.15, 0.2) is 0 Å². The second-order valence-corrected chi connectivity index (χ2v) is 5.01. The van der Waals surface area contributed by atoms with Crippen LogP contribution in [0.4, 0.5) is 5.69 Å². The molecule has 2 rings (SSSR count). The van der Waals surface area contributed by atoms with E-state index in [9.17, 15) is 4.79 Å². The molecule has 0 radical (unpaired) electrons. The van der Waals surface area contributed by atoms with Crippen molar-refractivity contribution in [3.8, 4) is 0 Å². The molecule has 0 bridgehead atoms. The number of nitrogens with zero attached hydrogens (tertiary/aromatic N) is 1. The van der Waals surface area contributed by atoms with Crippen LogP contribution < -0.4 is 11.1 Å². The third-order valence-electron chi connectivity index (χ3n) is 3.38. The highest BCUT2D eigenvalue weighted by Crippen LogP contribution is 2.21. The van der Waals surface area contributed by atoms with Gasteiger partial charge in [-0.3, -0.25) is 4.79 Å². The average molecular weight is 277 g/mol. The number of ether oxygens (including phenoxy) is 1. The number of nitrogens with one attached hydrogen (secondary N) is 1. The summed E-state index contributed by atoms with van der Waals surface area (Å²) < 4.78 is 5.42. The molecular formula is C14H19N3O3. The lowest BCUT2D eigenvalue weighted by Crippen LogP contribution is -2.31. The molecule has 1 aliphatic rings. The van der Waals surface area contributed by atoms with E-state index >= 15 is 0 Å². The lowest BCUT2D eigenvalue weighted by molar-refractivity contribution is -0.126. The lowest BCUT2D eigenvalue weighted by Gasteiger charge is -2.14. The van der Waals surface area contributed by atoms with Gasteiger partial charge in [0, 0.05) is 18.7 Å². The van der Waals surface area contributed by atoms with E-state index in [1.165, 1.54) is 0 Å². The second-order valence-electron chi connectivity index (χ2n) is 5.01. The van der Waals surface area contributed by atoms with Gasteiger partial charge in [-0.15, -0.1) is 0 Å². The fourth-order valence-electron chi connectivity index (χ4n) is 2.19. The molecule has 1 aliphatic heterocycles. The van der Waals surface area contributed by atoms with E-state index < -0.39 is 0 Å².